The molecular formula is C14H29N3. The summed E-state index contributed by atoms with van der Waals surface area (Å²) >= 11 is 0. The highest BCUT2D eigenvalue weighted by Gasteiger charge is 2.16. The second-order valence-corrected chi connectivity index (χ2v) is 5.72. The van der Waals surface area contributed by atoms with Crippen LogP contribution in [-0.2, 0) is 0 Å². The Hall–Kier alpha value is -0.860. The van der Waals surface area contributed by atoms with E-state index < -0.39 is 0 Å². The van der Waals surface area contributed by atoms with E-state index in [0.29, 0.717) is 12.0 Å². The molecular weight excluding hydrogens is 210 g/mol. The summed E-state index contributed by atoms with van der Waals surface area (Å²) in [5.74, 6) is 1.49. The van der Waals surface area contributed by atoms with Gasteiger partial charge in [0.05, 0.1) is 0 Å². The Morgan fingerprint density at radius 3 is 1.82 bits per heavy atom. The van der Waals surface area contributed by atoms with Crippen molar-refractivity contribution in [3.63, 3.8) is 0 Å². The first-order chi connectivity index (χ1) is 7.73. The minimum atomic E-state index is 0.279. The first kappa shape index (κ1) is 16.1. The predicted octanol–water partition coefficient (Wildman–Crippen LogP) is 3.60. The van der Waals surface area contributed by atoms with Gasteiger partial charge in [0, 0.05) is 24.3 Å². The number of hydrogen-bond acceptors (Lipinski definition) is 1. The molecule has 3 heteroatoms. The van der Waals surface area contributed by atoms with Gasteiger partial charge in [-0.3, -0.25) is 0 Å². The molecule has 100 valence electrons. The molecule has 0 aromatic carbocycles. The normalized spacial score (nSPS) is 12.5. The molecule has 0 aliphatic heterocycles. The molecule has 0 saturated heterocycles. The van der Waals surface area contributed by atoms with Crippen molar-refractivity contribution in [3.05, 3.63) is 0 Å². The molecule has 0 fully saturated rings. The van der Waals surface area contributed by atoms with Crippen LogP contribution in [-0.4, -0.2) is 35.2 Å². The van der Waals surface area contributed by atoms with E-state index in [1.54, 1.807) is 0 Å². The zero-order chi connectivity index (χ0) is 13.6. The molecule has 0 aromatic heterocycles. The largest absolute Gasteiger partial charge is 0.338 e. The molecule has 0 N–H and O–H groups in total. The molecule has 0 saturated carbocycles. The second kappa shape index (κ2) is 7.46. The van der Waals surface area contributed by atoms with Gasteiger partial charge in [-0.1, -0.05) is 13.8 Å². The van der Waals surface area contributed by atoms with Crippen molar-refractivity contribution in [2.75, 3.05) is 6.54 Å². The van der Waals surface area contributed by atoms with Crippen molar-refractivity contribution in [3.8, 4) is 0 Å². The van der Waals surface area contributed by atoms with E-state index in [1.165, 1.54) is 0 Å². The third-order valence-electron chi connectivity index (χ3n) is 2.14. The average molecular weight is 239 g/mol. The maximum atomic E-state index is 4.65. The molecule has 0 rings (SSSR count). The molecule has 0 bridgehead atoms. The van der Waals surface area contributed by atoms with Crippen LogP contribution in [0.2, 0.25) is 0 Å². The van der Waals surface area contributed by atoms with Crippen molar-refractivity contribution in [2.45, 2.75) is 67.5 Å². The summed E-state index contributed by atoms with van der Waals surface area (Å²) in [5.41, 5.74) is 1.05. The highest BCUT2D eigenvalue weighted by atomic mass is 15.3. The second-order valence-electron chi connectivity index (χ2n) is 5.72. The molecule has 0 atom stereocenters. The fourth-order valence-corrected chi connectivity index (χ4v) is 1.51. The van der Waals surface area contributed by atoms with E-state index in [1.807, 2.05) is 13.8 Å². The molecule has 0 amide bonds. The molecule has 3 nitrogen and oxygen atoms in total. The third-order valence-corrected chi connectivity index (χ3v) is 2.14. The van der Waals surface area contributed by atoms with E-state index in [9.17, 15) is 0 Å². The zero-order valence-corrected chi connectivity index (χ0v) is 12.8. The first-order valence-electron chi connectivity index (χ1n) is 6.60. The number of hydrogen-bond donors (Lipinski definition) is 0. The fourth-order valence-electron chi connectivity index (χ4n) is 1.51. The van der Waals surface area contributed by atoms with E-state index in [-0.39, 0.29) is 6.04 Å². The highest BCUT2D eigenvalue weighted by molar-refractivity contribution is 5.94. The minimum Gasteiger partial charge on any atom is -0.338 e. The maximum absolute atomic E-state index is 4.65. The van der Waals surface area contributed by atoms with Crippen LogP contribution in [0.15, 0.2) is 9.98 Å². The van der Waals surface area contributed by atoms with Crippen LogP contribution in [0.4, 0.5) is 0 Å². The molecule has 0 heterocycles. The molecule has 0 aliphatic carbocycles. The molecule has 0 unspecified atom stereocenters. The van der Waals surface area contributed by atoms with Gasteiger partial charge in [0.2, 0.25) is 5.96 Å². The highest BCUT2D eigenvalue weighted by Crippen LogP contribution is 2.08. The van der Waals surface area contributed by atoms with Crippen molar-refractivity contribution >= 4 is 11.7 Å². The van der Waals surface area contributed by atoms with Crippen molar-refractivity contribution in [2.24, 2.45) is 15.9 Å². The minimum absolute atomic E-state index is 0.279. The van der Waals surface area contributed by atoms with Crippen molar-refractivity contribution in [1.82, 2.24) is 4.90 Å². The van der Waals surface area contributed by atoms with Crippen LogP contribution in [0.3, 0.4) is 0 Å². The molecule has 0 spiro atoms. The van der Waals surface area contributed by atoms with Crippen molar-refractivity contribution < 1.29 is 0 Å². The van der Waals surface area contributed by atoms with Gasteiger partial charge < -0.3 is 4.90 Å². The van der Waals surface area contributed by atoms with Crippen LogP contribution in [0.25, 0.3) is 0 Å². The average Bonchev–Trinajstić information content (AvgIpc) is 2.10. The maximum Gasteiger partial charge on any atom is 0.221 e. The van der Waals surface area contributed by atoms with Crippen LogP contribution < -0.4 is 0 Å². The molecule has 0 aliphatic rings. The van der Waals surface area contributed by atoms with E-state index in [2.05, 4.69) is 56.4 Å². The van der Waals surface area contributed by atoms with Crippen LogP contribution >= 0.6 is 0 Å². The Balaban J connectivity index is 5.15. The lowest BCUT2D eigenvalue weighted by atomic mass is 10.2. The Labute approximate surface area is 107 Å². The number of nitrogens with zero attached hydrogens (tertiary/aromatic N) is 3. The number of aliphatic imine (C=N–C) groups is 2. The smallest absolute Gasteiger partial charge is 0.221 e. The van der Waals surface area contributed by atoms with E-state index >= 15 is 0 Å². The van der Waals surface area contributed by atoms with Gasteiger partial charge in [-0.25, -0.2) is 9.98 Å². The summed E-state index contributed by atoms with van der Waals surface area (Å²) in [6.07, 6.45) is 0. The molecule has 17 heavy (non-hydrogen) atoms. The first-order valence-corrected chi connectivity index (χ1v) is 6.60. The van der Waals surface area contributed by atoms with Gasteiger partial charge in [-0.05, 0) is 47.5 Å². The Kier molecular flexibility index (Phi) is 7.09. The molecule has 0 aromatic rings. The van der Waals surface area contributed by atoms with Gasteiger partial charge in [-0.15, -0.1) is 0 Å². The standard InChI is InChI=1S/C14H29N3/c1-10(2)9-17(13(7)8)14(15-11(3)4)16-12(5)6/h10-11,13H,9H2,1-8H3. The summed E-state index contributed by atoms with van der Waals surface area (Å²) in [5, 5.41) is 0. The number of rotatable bonds is 4. The summed E-state index contributed by atoms with van der Waals surface area (Å²) < 4.78 is 0. The SMILES string of the molecule is CC(C)=NC(=NC(C)C)N(CC(C)C)C(C)C. The lowest BCUT2D eigenvalue weighted by Gasteiger charge is -2.30. The quantitative estimate of drug-likeness (QED) is 0.544. The lowest BCUT2D eigenvalue weighted by Crippen LogP contribution is -2.39. The van der Waals surface area contributed by atoms with Gasteiger partial charge in [-0.2, -0.15) is 0 Å². The Morgan fingerprint density at radius 2 is 1.53 bits per heavy atom. The van der Waals surface area contributed by atoms with Crippen LogP contribution in [0, 0.1) is 5.92 Å². The Morgan fingerprint density at radius 1 is 1.00 bits per heavy atom. The van der Waals surface area contributed by atoms with Gasteiger partial charge >= 0.3 is 0 Å². The van der Waals surface area contributed by atoms with Gasteiger partial charge in [0.25, 0.3) is 0 Å². The van der Waals surface area contributed by atoms with E-state index in [0.717, 1.165) is 18.2 Å². The Bertz CT molecular complexity index is 271. The predicted molar refractivity (Wildman–Crippen MR) is 78.0 cm³/mol. The number of guanidine groups is 1. The fraction of sp³-hybridized carbons (Fsp3) is 0.857. The topological polar surface area (TPSA) is 28.0 Å². The van der Waals surface area contributed by atoms with Gasteiger partial charge in [0.15, 0.2) is 0 Å². The monoisotopic (exact) mass is 239 g/mol. The molecule has 0 radical (unpaired) electrons. The zero-order valence-electron chi connectivity index (χ0n) is 12.8. The summed E-state index contributed by atoms with van der Waals surface area (Å²) in [6.45, 7) is 18.1. The van der Waals surface area contributed by atoms with Crippen LogP contribution in [0.1, 0.15) is 55.4 Å². The van der Waals surface area contributed by atoms with E-state index in [4.69, 9.17) is 0 Å². The summed E-state index contributed by atoms with van der Waals surface area (Å²) in [4.78, 5) is 11.5. The van der Waals surface area contributed by atoms with Gasteiger partial charge in [0.1, 0.15) is 0 Å². The van der Waals surface area contributed by atoms with Crippen LogP contribution in [0.5, 0.6) is 0 Å². The lowest BCUT2D eigenvalue weighted by molar-refractivity contribution is 0.306. The summed E-state index contributed by atoms with van der Waals surface area (Å²) in [6, 6.07) is 0.708. The summed E-state index contributed by atoms with van der Waals surface area (Å²) in [7, 11) is 0. The third kappa shape index (κ3) is 7.14. The van der Waals surface area contributed by atoms with Crippen molar-refractivity contribution in [1.29, 1.82) is 0 Å².